The number of hydrogen-bond donors (Lipinski definition) is 1. The van der Waals surface area contributed by atoms with Crippen LogP contribution in [-0.4, -0.2) is 60.9 Å². The maximum absolute atomic E-state index is 12.1. The maximum atomic E-state index is 12.1. The highest BCUT2D eigenvalue weighted by molar-refractivity contribution is 5.85. The van der Waals surface area contributed by atoms with Crippen molar-refractivity contribution in [1.29, 1.82) is 0 Å². The zero-order valence-electron chi connectivity index (χ0n) is 10.4. The number of piperidine rings is 1. The number of rotatable bonds is 3. The Balaban J connectivity index is 1.84. The summed E-state index contributed by atoms with van der Waals surface area (Å²) in [5.74, 6) is 0.223. The van der Waals surface area contributed by atoms with Crippen LogP contribution in [0.3, 0.4) is 0 Å². The minimum atomic E-state index is 0.0974. The number of amides is 2. The summed E-state index contributed by atoms with van der Waals surface area (Å²) in [4.78, 5) is 27.1. The quantitative estimate of drug-likeness (QED) is 0.743. The molecule has 2 amide bonds. The van der Waals surface area contributed by atoms with Gasteiger partial charge >= 0.3 is 0 Å². The van der Waals surface area contributed by atoms with E-state index in [0.29, 0.717) is 12.5 Å². The normalized spacial score (nSPS) is 25.5. The van der Waals surface area contributed by atoms with Crippen molar-refractivity contribution in [1.82, 2.24) is 15.1 Å². The fourth-order valence-corrected chi connectivity index (χ4v) is 2.57. The summed E-state index contributed by atoms with van der Waals surface area (Å²) in [5.41, 5.74) is 0. The molecule has 2 fully saturated rings. The molecule has 0 radical (unpaired) electrons. The van der Waals surface area contributed by atoms with Gasteiger partial charge in [0.15, 0.2) is 0 Å². The monoisotopic (exact) mass is 239 g/mol. The van der Waals surface area contributed by atoms with Crippen LogP contribution in [0.1, 0.15) is 25.7 Å². The Morgan fingerprint density at radius 2 is 2.24 bits per heavy atom. The predicted octanol–water partition coefficient (Wildman–Crippen LogP) is -0.181. The summed E-state index contributed by atoms with van der Waals surface area (Å²) in [5, 5.41) is 3.22. The molecule has 5 heteroatoms. The highest BCUT2D eigenvalue weighted by Crippen LogP contribution is 2.13. The number of carbonyl (C=O) groups excluding carboxylic acids is 2. The Kier molecular flexibility index (Phi) is 3.99. The summed E-state index contributed by atoms with van der Waals surface area (Å²) in [6, 6.07) is 0.405. The fraction of sp³-hybridized carbons (Fsp3) is 0.833. The molecule has 0 aromatic carbocycles. The molecule has 5 nitrogen and oxygen atoms in total. The van der Waals surface area contributed by atoms with Gasteiger partial charge in [-0.25, -0.2) is 0 Å². The van der Waals surface area contributed by atoms with Crippen LogP contribution in [0.5, 0.6) is 0 Å². The van der Waals surface area contributed by atoms with Gasteiger partial charge in [-0.1, -0.05) is 0 Å². The number of nitrogens with one attached hydrogen (secondary N) is 1. The Labute approximate surface area is 102 Å². The topological polar surface area (TPSA) is 52.7 Å². The molecule has 0 bridgehead atoms. The first kappa shape index (κ1) is 12.4. The van der Waals surface area contributed by atoms with Crippen molar-refractivity contribution in [2.24, 2.45) is 0 Å². The SMILES string of the molecule is CNC1CCCN(C(=O)CN2CCCC2=O)C1. The second kappa shape index (κ2) is 5.49. The zero-order chi connectivity index (χ0) is 12.3. The van der Waals surface area contributed by atoms with Crippen LogP contribution in [0.15, 0.2) is 0 Å². The molecule has 96 valence electrons. The molecule has 2 aliphatic heterocycles. The maximum Gasteiger partial charge on any atom is 0.242 e. The summed E-state index contributed by atoms with van der Waals surface area (Å²) in [7, 11) is 1.93. The third-order valence-corrected chi connectivity index (χ3v) is 3.68. The largest absolute Gasteiger partial charge is 0.340 e. The van der Waals surface area contributed by atoms with Gasteiger partial charge in [0, 0.05) is 32.1 Å². The van der Waals surface area contributed by atoms with Crippen molar-refractivity contribution in [3.8, 4) is 0 Å². The first-order chi connectivity index (χ1) is 8.20. The van der Waals surface area contributed by atoms with E-state index in [1.165, 1.54) is 0 Å². The Bertz CT molecular complexity index is 306. The Morgan fingerprint density at radius 3 is 2.88 bits per heavy atom. The van der Waals surface area contributed by atoms with Crippen LogP contribution in [0.25, 0.3) is 0 Å². The van der Waals surface area contributed by atoms with E-state index in [2.05, 4.69) is 5.32 Å². The molecule has 0 saturated carbocycles. The van der Waals surface area contributed by atoms with E-state index >= 15 is 0 Å². The van der Waals surface area contributed by atoms with E-state index in [4.69, 9.17) is 0 Å². The lowest BCUT2D eigenvalue weighted by molar-refractivity contribution is -0.139. The molecule has 0 aliphatic carbocycles. The van der Waals surface area contributed by atoms with Crippen molar-refractivity contribution in [2.45, 2.75) is 31.7 Å². The Morgan fingerprint density at radius 1 is 1.41 bits per heavy atom. The number of likely N-dealkylation sites (N-methyl/N-ethyl adjacent to an activating group) is 1. The third kappa shape index (κ3) is 2.97. The van der Waals surface area contributed by atoms with Gasteiger partial charge < -0.3 is 15.1 Å². The molecule has 0 aromatic rings. The van der Waals surface area contributed by atoms with Crippen LogP contribution in [-0.2, 0) is 9.59 Å². The number of nitrogens with zero attached hydrogens (tertiary/aromatic N) is 2. The van der Waals surface area contributed by atoms with Gasteiger partial charge in [0.1, 0.15) is 0 Å². The van der Waals surface area contributed by atoms with Gasteiger partial charge in [-0.05, 0) is 26.3 Å². The van der Waals surface area contributed by atoms with Crippen LogP contribution in [0, 0.1) is 0 Å². The molecule has 2 heterocycles. The fourth-order valence-electron chi connectivity index (χ4n) is 2.57. The second-order valence-electron chi connectivity index (χ2n) is 4.89. The number of likely N-dealkylation sites (tertiary alicyclic amines) is 2. The molecule has 1 unspecified atom stereocenters. The number of carbonyl (C=O) groups is 2. The molecule has 1 N–H and O–H groups in total. The van der Waals surface area contributed by atoms with E-state index in [-0.39, 0.29) is 18.4 Å². The third-order valence-electron chi connectivity index (χ3n) is 3.68. The van der Waals surface area contributed by atoms with Gasteiger partial charge in [0.25, 0.3) is 0 Å². The lowest BCUT2D eigenvalue weighted by atomic mass is 10.1. The minimum Gasteiger partial charge on any atom is -0.340 e. The van der Waals surface area contributed by atoms with E-state index in [0.717, 1.165) is 38.9 Å². The Hall–Kier alpha value is -1.10. The standard InChI is InChI=1S/C12H21N3O2/c1-13-10-4-2-6-14(8-10)12(17)9-15-7-3-5-11(15)16/h10,13H,2-9H2,1H3. The minimum absolute atomic E-state index is 0.0974. The predicted molar refractivity (Wildman–Crippen MR) is 64.5 cm³/mol. The van der Waals surface area contributed by atoms with Crippen LogP contribution >= 0.6 is 0 Å². The van der Waals surface area contributed by atoms with Gasteiger partial charge in [0.05, 0.1) is 6.54 Å². The van der Waals surface area contributed by atoms with Crippen molar-refractivity contribution in [3.05, 3.63) is 0 Å². The van der Waals surface area contributed by atoms with E-state index in [9.17, 15) is 9.59 Å². The van der Waals surface area contributed by atoms with Crippen molar-refractivity contribution in [2.75, 3.05) is 33.2 Å². The highest BCUT2D eigenvalue weighted by atomic mass is 16.2. The van der Waals surface area contributed by atoms with E-state index < -0.39 is 0 Å². The highest BCUT2D eigenvalue weighted by Gasteiger charge is 2.27. The molecule has 17 heavy (non-hydrogen) atoms. The number of hydrogen-bond acceptors (Lipinski definition) is 3. The first-order valence-corrected chi connectivity index (χ1v) is 6.43. The van der Waals surface area contributed by atoms with Crippen LogP contribution in [0.4, 0.5) is 0 Å². The van der Waals surface area contributed by atoms with E-state index in [1.807, 2.05) is 11.9 Å². The van der Waals surface area contributed by atoms with Crippen LogP contribution < -0.4 is 5.32 Å². The average molecular weight is 239 g/mol. The molecule has 2 aliphatic rings. The van der Waals surface area contributed by atoms with Crippen LogP contribution in [0.2, 0.25) is 0 Å². The molecule has 1 atom stereocenters. The molecule has 2 rings (SSSR count). The smallest absolute Gasteiger partial charge is 0.242 e. The first-order valence-electron chi connectivity index (χ1n) is 6.43. The van der Waals surface area contributed by atoms with Crippen molar-refractivity contribution in [3.63, 3.8) is 0 Å². The van der Waals surface area contributed by atoms with Gasteiger partial charge in [-0.15, -0.1) is 0 Å². The van der Waals surface area contributed by atoms with Crippen molar-refractivity contribution >= 4 is 11.8 Å². The second-order valence-corrected chi connectivity index (χ2v) is 4.89. The van der Waals surface area contributed by atoms with E-state index in [1.54, 1.807) is 4.90 Å². The lowest BCUT2D eigenvalue weighted by Gasteiger charge is -2.33. The summed E-state index contributed by atoms with van der Waals surface area (Å²) in [6.45, 7) is 2.62. The average Bonchev–Trinajstić information content (AvgIpc) is 2.75. The summed E-state index contributed by atoms with van der Waals surface area (Å²) < 4.78 is 0. The molecule has 2 saturated heterocycles. The van der Waals surface area contributed by atoms with Gasteiger partial charge in [0.2, 0.25) is 11.8 Å². The summed E-state index contributed by atoms with van der Waals surface area (Å²) in [6.07, 6.45) is 3.67. The summed E-state index contributed by atoms with van der Waals surface area (Å²) >= 11 is 0. The molecule has 0 aromatic heterocycles. The van der Waals surface area contributed by atoms with Gasteiger partial charge in [-0.2, -0.15) is 0 Å². The molecule has 0 spiro atoms. The van der Waals surface area contributed by atoms with Crippen molar-refractivity contribution < 1.29 is 9.59 Å². The molecular weight excluding hydrogens is 218 g/mol. The zero-order valence-corrected chi connectivity index (χ0v) is 10.4. The lowest BCUT2D eigenvalue weighted by Crippen LogP contribution is -2.50. The van der Waals surface area contributed by atoms with Gasteiger partial charge in [-0.3, -0.25) is 9.59 Å². The molecular formula is C12H21N3O2.